The Hall–Kier alpha value is -2.03. The monoisotopic (exact) mass is 232 g/mol. The van der Waals surface area contributed by atoms with Gasteiger partial charge in [0.2, 0.25) is 0 Å². The molecule has 0 unspecified atom stereocenters. The lowest BCUT2D eigenvalue weighted by molar-refractivity contribution is -0.140. The Morgan fingerprint density at radius 1 is 1.18 bits per heavy atom. The molecular weight excluding hydrogens is 216 g/mol. The molecule has 2 aromatic carbocycles. The topological polar surface area (TPSA) is 46.5 Å². The van der Waals surface area contributed by atoms with Crippen LogP contribution in [0.3, 0.4) is 0 Å². The molecule has 0 bridgehead atoms. The van der Waals surface area contributed by atoms with E-state index in [4.69, 9.17) is 0 Å². The van der Waals surface area contributed by atoms with Crippen molar-refractivity contribution in [2.24, 2.45) is 0 Å². The summed E-state index contributed by atoms with van der Waals surface area (Å²) < 4.78 is 4.40. The van der Waals surface area contributed by atoms with Crippen molar-refractivity contribution >= 4 is 16.7 Å². The number of hydrogen-bond acceptors (Lipinski definition) is 3. The fourth-order valence-corrected chi connectivity index (χ4v) is 1.41. The second kappa shape index (κ2) is 6.53. The number of carbonyl (C=O) groups is 1. The predicted molar refractivity (Wildman–Crippen MR) is 67.9 cm³/mol. The quantitative estimate of drug-likeness (QED) is 0.768. The zero-order valence-corrected chi connectivity index (χ0v) is 10.0. The maximum Gasteiger partial charge on any atom is 0.302 e. The fraction of sp³-hybridized carbons (Fsp3) is 0.214. The van der Waals surface area contributed by atoms with Crippen LogP contribution in [0.25, 0.3) is 10.8 Å². The van der Waals surface area contributed by atoms with Crippen molar-refractivity contribution in [1.82, 2.24) is 0 Å². The molecule has 0 atom stereocenters. The molecule has 3 heteroatoms. The highest BCUT2D eigenvalue weighted by Gasteiger charge is 1.94. The molecule has 0 aromatic heterocycles. The number of rotatable bonds is 1. The third-order valence-corrected chi connectivity index (χ3v) is 2.11. The number of fused-ring (bicyclic) bond motifs is 1. The molecule has 0 saturated carbocycles. The van der Waals surface area contributed by atoms with Gasteiger partial charge in [0, 0.05) is 12.3 Å². The van der Waals surface area contributed by atoms with Crippen molar-refractivity contribution in [1.29, 1.82) is 0 Å². The summed E-state index contributed by atoms with van der Waals surface area (Å²) in [6, 6.07) is 13.3. The molecule has 0 aliphatic heterocycles. The molecule has 2 rings (SSSR count). The van der Waals surface area contributed by atoms with Gasteiger partial charge in [-0.2, -0.15) is 0 Å². The van der Waals surface area contributed by atoms with Crippen LogP contribution < -0.4 is 0 Å². The summed E-state index contributed by atoms with van der Waals surface area (Å²) in [5.74, 6) is 0.139. The highest BCUT2D eigenvalue weighted by molar-refractivity contribution is 5.87. The van der Waals surface area contributed by atoms with Gasteiger partial charge >= 0.3 is 5.97 Å². The Morgan fingerprint density at radius 2 is 1.82 bits per heavy atom. The van der Waals surface area contributed by atoms with E-state index < -0.39 is 0 Å². The molecule has 0 spiro atoms. The molecule has 2 aromatic rings. The Labute approximate surface area is 101 Å². The van der Waals surface area contributed by atoms with Gasteiger partial charge in [-0.3, -0.25) is 4.79 Å². The number of phenolic OH excluding ortho intramolecular Hbond substituents is 1. The first-order valence-electron chi connectivity index (χ1n) is 5.45. The van der Waals surface area contributed by atoms with Gasteiger partial charge in [0.15, 0.2) is 0 Å². The van der Waals surface area contributed by atoms with Gasteiger partial charge in [-0.05, 0) is 18.4 Å². The lowest BCUT2D eigenvalue weighted by atomic mass is 10.1. The van der Waals surface area contributed by atoms with Gasteiger partial charge < -0.3 is 9.84 Å². The zero-order valence-electron chi connectivity index (χ0n) is 10.0. The van der Waals surface area contributed by atoms with E-state index in [1.165, 1.54) is 6.92 Å². The molecule has 0 heterocycles. The average Bonchev–Trinajstić information content (AvgIpc) is 2.30. The lowest BCUT2D eigenvalue weighted by Crippen LogP contribution is -1.95. The highest BCUT2D eigenvalue weighted by Crippen LogP contribution is 2.22. The van der Waals surface area contributed by atoms with Crippen molar-refractivity contribution in [2.45, 2.75) is 13.8 Å². The number of esters is 1. The zero-order chi connectivity index (χ0) is 12.7. The number of aromatic hydroxyl groups is 1. The van der Waals surface area contributed by atoms with Gasteiger partial charge in [-0.15, -0.1) is 0 Å². The molecular formula is C14H16O3. The maximum absolute atomic E-state index is 9.82. The van der Waals surface area contributed by atoms with Gasteiger partial charge in [-0.1, -0.05) is 36.4 Å². The number of carbonyl (C=O) groups excluding carboxylic acids is 1. The fourth-order valence-electron chi connectivity index (χ4n) is 1.41. The summed E-state index contributed by atoms with van der Waals surface area (Å²) in [7, 11) is 0. The summed E-state index contributed by atoms with van der Waals surface area (Å²) in [6.45, 7) is 3.65. The summed E-state index contributed by atoms with van der Waals surface area (Å²) >= 11 is 0. The van der Waals surface area contributed by atoms with Crippen LogP contribution in [0.15, 0.2) is 42.5 Å². The predicted octanol–water partition coefficient (Wildman–Crippen LogP) is 3.11. The number of hydrogen-bond donors (Lipinski definition) is 1. The van der Waals surface area contributed by atoms with Crippen molar-refractivity contribution in [3.05, 3.63) is 42.5 Å². The van der Waals surface area contributed by atoms with Crippen LogP contribution in [0.4, 0.5) is 0 Å². The van der Waals surface area contributed by atoms with E-state index in [0.717, 1.165) is 10.8 Å². The molecule has 17 heavy (non-hydrogen) atoms. The highest BCUT2D eigenvalue weighted by atomic mass is 16.5. The van der Waals surface area contributed by atoms with E-state index in [-0.39, 0.29) is 5.97 Å². The normalized spacial score (nSPS) is 9.29. The molecule has 3 nitrogen and oxygen atoms in total. The summed E-state index contributed by atoms with van der Waals surface area (Å²) in [5, 5.41) is 11.4. The molecule has 0 radical (unpaired) electrons. The first-order valence-corrected chi connectivity index (χ1v) is 5.45. The molecule has 90 valence electrons. The van der Waals surface area contributed by atoms with E-state index in [1.54, 1.807) is 13.0 Å². The van der Waals surface area contributed by atoms with Crippen molar-refractivity contribution in [3.8, 4) is 5.75 Å². The van der Waals surface area contributed by atoms with Crippen molar-refractivity contribution in [2.75, 3.05) is 6.61 Å². The number of benzene rings is 2. The van der Waals surface area contributed by atoms with E-state index >= 15 is 0 Å². The largest absolute Gasteiger partial charge is 0.507 e. The van der Waals surface area contributed by atoms with Gasteiger partial charge in [0.25, 0.3) is 0 Å². The van der Waals surface area contributed by atoms with Crippen LogP contribution in [0.2, 0.25) is 0 Å². The average molecular weight is 232 g/mol. The molecule has 0 saturated heterocycles. The van der Waals surface area contributed by atoms with Crippen LogP contribution >= 0.6 is 0 Å². The van der Waals surface area contributed by atoms with E-state index in [9.17, 15) is 9.90 Å². The second-order valence-electron chi connectivity index (χ2n) is 3.42. The first kappa shape index (κ1) is 13.0. The first-order chi connectivity index (χ1) is 8.15. The van der Waals surface area contributed by atoms with Crippen LogP contribution in [0, 0.1) is 0 Å². The SMILES string of the molecule is CCOC(C)=O.Oc1cccc2ccccc12. The standard InChI is InChI=1S/C10H8O.C4H8O2/c11-10-7-3-5-8-4-1-2-6-9(8)10;1-3-6-4(2)5/h1-7,11H;3H2,1-2H3. The number of ether oxygens (including phenoxy) is 1. The Kier molecular flexibility index (Phi) is 5.01. The van der Waals surface area contributed by atoms with Crippen LogP contribution in [0.5, 0.6) is 5.75 Å². The Balaban J connectivity index is 0.000000209. The minimum Gasteiger partial charge on any atom is -0.507 e. The maximum atomic E-state index is 9.82. The minimum atomic E-state index is -0.211. The molecule has 0 aliphatic rings. The third kappa shape index (κ3) is 4.15. The summed E-state index contributed by atoms with van der Waals surface area (Å²) in [4.78, 5) is 9.82. The summed E-state index contributed by atoms with van der Waals surface area (Å²) in [6.07, 6.45) is 0. The molecule has 0 amide bonds. The van der Waals surface area contributed by atoms with Gasteiger partial charge in [0.05, 0.1) is 6.61 Å². The molecule has 0 fully saturated rings. The summed E-state index contributed by atoms with van der Waals surface area (Å²) in [5.41, 5.74) is 0. The van der Waals surface area contributed by atoms with Crippen molar-refractivity contribution in [3.63, 3.8) is 0 Å². The molecule has 1 N–H and O–H groups in total. The minimum absolute atomic E-state index is 0.211. The van der Waals surface area contributed by atoms with Crippen LogP contribution in [-0.4, -0.2) is 17.7 Å². The van der Waals surface area contributed by atoms with E-state index in [0.29, 0.717) is 12.4 Å². The third-order valence-electron chi connectivity index (χ3n) is 2.11. The Morgan fingerprint density at radius 3 is 2.35 bits per heavy atom. The van der Waals surface area contributed by atoms with Gasteiger partial charge in [0.1, 0.15) is 5.75 Å². The second-order valence-corrected chi connectivity index (χ2v) is 3.42. The smallest absolute Gasteiger partial charge is 0.302 e. The van der Waals surface area contributed by atoms with Gasteiger partial charge in [-0.25, -0.2) is 0 Å². The van der Waals surface area contributed by atoms with Crippen LogP contribution in [0.1, 0.15) is 13.8 Å². The van der Waals surface area contributed by atoms with Crippen molar-refractivity contribution < 1.29 is 14.6 Å². The van der Waals surface area contributed by atoms with Crippen LogP contribution in [-0.2, 0) is 9.53 Å². The lowest BCUT2D eigenvalue weighted by Gasteiger charge is -1.97. The number of phenols is 1. The Bertz CT molecular complexity index is 486. The molecule has 0 aliphatic carbocycles. The van der Waals surface area contributed by atoms with E-state index in [2.05, 4.69) is 4.74 Å². The van der Waals surface area contributed by atoms with E-state index in [1.807, 2.05) is 36.4 Å².